The third-order valence-electron chi connectivity index (χ3n) is 5.80. The molecule has 1 saturated heterocycles. The molecule has 0 aromatic heterocycles. The average molecular weight is 422 g/mol. The maximum absolute atomic E-state index is 12.2. The fourth-order valence-electron chi connectivity index (χ4n) is 4.01. The molecule has 0 aliphatic carbocycles. The second-order valence-electron chi connectivity index (χ2n) is 8.18. The standard InChI is InChI=1S/C25H35N5O/c1-20-17-23(14-16-30(20)19-22-11-7-4-8-12-22)29-25(26-2)28-18-24(31)27-15-13-21-9-5-3-6-10-21/h3-12,20,23H,13-19H2,1-2H3,(H,27,31)(H2,26,28,29). The second-order valence-corrected chi connectivity index (χ2v) is 8.18. The number of hydrogen-bond acceptors (Lipinski definition) is 3. The first-order chi connectivity index (χ1) is 15.1. The van der Waals surface area contributed by atoms with Crippen molar-refractivity contribution >= 4 is 11.9 Å². The zero-order valence-electron chi connectivity index (χ0n) is 18.7. The molecule has 6 nitrogen and oxygen atoms in total. The minimum atomic E-state index is -0.0232. The van der Waals surface area contributed by atoms with Crippen molar-refractivity contribution < 1.29 is 4.79 Å². The van der Waals surface area contributed by atoms with Gasteiger partial charge in [0.25, 0.3) is 0 Å². The number of carbonyl (C=O) groups is 1. The summed E-state index contributed by atoms with van der Waals surface area (Å²) in [6.45, 7) is 5.17. The highest BCUT2D eigenvalue weighted by Gasteiger charge is 2.26. The highest BCUT2D eigenvalue weighted by molar-refractivity contribution is 5.86. The molecule has 2 atom stereocenters. The van der Waals surface area contributed by atoms with E-state index in [9.17, 15) is 4.79 Å². The number of hydrogen-bond donors (Lipinski definition) is 3. The molecule has 0 bridgehead atoms. The van der Waals surface area contributed by atoms with Crippen molar-refractivity contribution in [1.82, 2.24) is 20.9 Å². The van der Waals surface area contributed by atoms with Crippen molar-refractivity contribution in [3.8, 4) is 0 Å². The maximum Gasteiger partial charge on any atom is 0.239 e. The van der Waals surface area contributed by atoms with Gasteiger partial charge >= 0.3 is 0 Å². The first kappa shape index (κ1) is 22.8. The van der Waals surface area contributed by atoms with Crippen LogP contribution in [0.3, 0.4) is 0 Å². The van der Waals surface area contributed by atoms with E-state index in [-0.39, 0.29) is 12.5 Å². The van der Waals surface area contributed by atoms with Gasteiger partial charge in [-0.3, -0.25) is 14.7 Å². The van der Waals surface area contributed by atoms with Crippen LogP contribution in [0.25, 0.3) is 0 Å². The SMILES string of the molecule is CN=C(NCC(=O)NCCc1ccccc1)NC1CCN(Cc2ccccc2)C(C)C1. The molecule has 31 heavy (non-hydrogen) atoms. The van der Waals surface area contributed by atoms with Crippen LogP contribution in [-0.2, 0) is 17.8 Å². The summed E-state index contributed by atoms with van der Waals surface area (Å²) in [7, 11) is 1.75. The maximum atomic E-state index is 12.2. The van der Waals surface area contributed by atoms with Crippen LogP contribution in [0, 0.1) is 0 Å². The Balaban J connectivity index is 1.35. The van der Waals surface area contributed by atoms with Crippen LogP contribution in [0.5, 0.6) is 0 Å². The quantitative estimate of drug-likeness (QED) is 0.453. The number of piperidine rings is 1. The Bertz CT molecular complexity index is 824. The van der Waals surface area contributed by atoms with Crippen LogP contribution in [0.1, 0.15) is 30.9 Å². The normalized spacial score (nSPS) is 19.6. The predicted octanol–water partition coefficient (Wildman–Crippen LogP) is 2.56. The lowest BCUT2D eigenvalue weighted by molar-refractivity contribution is -0.119. The lowest BCUT2D eigenvalue weighted by atomic mass is 9.97. The molecule has 1 fully saturated rings. The van der Waals surface area contributed by atoms with E-state index in [1.54, 1.807) is 7.05 Å². The molecular weight excluding hydrogens is 386 g/mol. The van der Waals surface area contributed by atoms with E-state index < -0.39 is 0 Å². The highest BCUT2D eigenvalue weighted by Crippen LogP contribution is 2.19. The van der Waals surface area contributed by atoms with Crippen LogP contribution in [0.4, 0.5) is 0 Å². The molecule has 2 aromatic rings. The topological polar surface area (TPSA) is 68.8 Å². The molecule has 3 N–H and O–H groups in total. The number of aliphatic imine (C=N–C) groups is 1. The Morgan fingerprint density at radius 3 is 2.35 bits per heavy atom. The average Bonchev–Trinajstić information content (AvgIpc) is 2.80. The summed E-state index contributed by atoms with van der Waals surface area (Å²) >= 11 is 0. The summed E-state index contributed by atoms with van der Waals surface area (Å²) in [6, 6.07) is 21.7. The van der Waals surface area contributed by atoms with Crippen LogP contribution < -0.4 is 16.0 Å². The molecule has 0 radical (unpaired) electrons. The largest absolute Gasteiger partial charge is 0.354 e. The molecule has 1 heterocycles. The molecule has 0 saturated carbocycles. The fraction of sp³-hybridized carbons (Fsp3) is 0.440. The number of guanidine groups is 1. The lowest BCUT2D eigenvalue weighted by Crippen LogP contribution is -2.52. The van der Waals surface area contributed by atoms with E-state index in [0.29, 0.717) is 24.6 Å². The number of benzene rings is 2. The van der Waals surface area contributed by atoms with E-state index in [1.165, 1.54) is 11.1 Å². The number of carbonyl (C=O) groups excluding carboxylic acids is 1. The minimum Gasteiger partial charge on any atom is -0.354 e. The summed E-state index contributed by atoms with van der Waals surface area (Å²) in [4.78, 5) is 19.0. The summed E-state index contributed by atoms with van der Waals surface area (Å²) in [6.07, 6.45) is 2.94. The zero-order chi connectivity index (χ0) is 21.9. The number of amides is 1. The monoisotopic (exact) mass is 421 g/mol. The van der Waals surface area contributed by atoms with Crippen molar-refractivity contribution in [3.63, 3.8) is 0 Å². The van der Waals surface area contributed by atoms with Gasteiger partial charge in [0.1, 0.15) is 0 Å². The van der Waals surface area contributed by atoms with Gasteiger partial charge in [0, 0.05) is 38.8 Å². The molecule has 2 aromatic carbocycles. The summed E-state index contributed by atoms with van der Waals surface area (Å²) in [5.74, 6) is 0.664. The van der Waals surface area contributed by atoms with Crippen LogP contribution in [-0.4, -0.2) is 55.5 Å². The van der Waals surface area contributed by atoms with E-state index in [2.05, 4.69) is 75.2 Å². The molecule has 1 aliphatic heterocycles. The number of nitrogens with zero attached hydrogens (tertiary/aromatic N) is 2. The van der Waals surface area contributed by atoms with Crippen LogP contribution in [0.15, 0.2) is 65.7 Å². The van der Waals surface area contributed by atoms with Crippen molar-refractivity contribution in [1.29, 1.82) is 0 Å². The summed E-state index contributed by atoms with van der Waals surface area (Å²) in [5.41, 5.74) is 2.58. The predicted molar refractivity (Wildman–Crippen MR) is 127 cm³/mol. The Hall–Kier alpha value is -2.86. The third kappa shape index (κ3) is 7.72. The Kier molecular flexibility index (Phi) is 8.91. The Labute approximate surface area is 186 Å². The fourth-order valence-corrected chi connectivity index (χ4v) is 4.01. The third-order valence-corrected chi connectivity index (χ3v) is 5.80. The van der Waals surface area contributed by atoms with Crippen LogP contribution in [0.2, 0.25) is 0 Å². The van der Waals surface area contributed by atoms with E-state index in [0.717, 1.165) is 32.4 Å². The van der Waals surface area contributed by atoms with Crippen molar-refractivity contribution in [2.75, 3.05) is 26.7 Å². The van der Waals surface area contributed by atoms with Gasteiger partial charge in [0.15, 0.2) is 5.96 Å². The number of rotatable bonds is 8. The van der Waals surface area contributed by atoms with Crippen molar-refractivity contribution in [2.24, 2.45) is 4.99 Å². The van der Waals surface area contributed by atoms with Gasteiger partial charge in [-0.25, -0.2) is 0 Å². The summed E-state index contributed by atoms with van der Waals surface area (Å²) < 4.78 is 0. The van der Waals surface area contributed by atoms with E-state index >= 15 is 0 Å². The van der Waals surface area contributed by atoms with Crippen LogP contribution >= 0.6 is 0 Å². The first-order valence-electron chi connectivity index (χ1n) is 11.2. The van der Waals surface area contributed by atoms with Gasteiger partial charge in [0.05, 0.1) is 6.54 Å². The highest BCUT2D eigenvalue weighted by atomic mass is 16.1. The number of nitrogens with one attached hydrogen (secondary N) is 3. The molecule has 0 spiro atoms. The first-order valence-corrected chi connectivity index (χ1v) is 11.2. The van der Waals surface area contributed by atoms with Gasteiger partial charge in [0.2, 0.25) is 5.91 Å². The smallest absolute Gasteiger partial charge is 0.239 e. The molecule has 3 rings (SSSR count). The van der Waals surface area contributed by atoms with Crippen molar-refractivity contribution in [2.45, 2.75) is 44.8 Å². The van der Waals surface area contributed by atoms with Gasteiger partial charge in [-0.1, -0.05) is 60.7 Å². The number of likely N-dealkylation sites (tertiary alicyclic amines) is 1. The van der Waals surface area contributed by atoms with Gasteiger partial charge in [-0.05, 0) is 37.3 Å². The zero-order valence-corrected chi connectivity index (χ0v) is 18.7. The van der Waals surface area contributed by atoms with Gasteiger partial charge < -0.3 is 16.0 Å². The lowest BCUT2D eigenvalue weighted by Gasteiger charge is -2.38. The molecule has 166 valence electrons. The minimum absolute atomic E-state index is 0.0232. The summed E-state index contributed by atoms with van der Waals surface area (Å²) in [5, 5.41) is 9.59. The molecule has 1 aliphatic rings. The molecule has 2 unspecified atom stereocenters. The van der Waals surface area contributed by atoms with E-state index in [1.807, 2.05) is 18.2 Å². The van der Waals surface area contributed by atoms with Gasteiger partial charge in [-0.2, -0.15) is 0 Å². The molecule has 1 amide bonds. The van der Waals surface area contributed by atoms with Crippen molar-refractivity contribution in [3.05, 3.63) is 71.8 Å². The molecular formula is C25H35N5O. The second kappa shape index (κ2) is 12.1. The molecule has 6 heteroatoms. The van der Waals surface area contributed by atoms with E-state index in [4.69, 9.17) is 0 Å². The Morgan fingerprint density at radius 1 is 1.03 bits per heavy atom. The Morgan fingerprint density at radius 2 is 1.71 bits per heavy atom. The van der Waals surface area contributed by atoms with Gasteiger partial charge in [-0.15, -0.1) is 0 Å².